The van der Waals surface area contributed by atoms with Gasteiger partial charge in [-0.05, 0) is 12.8 Å². The van der Waals surface area contributed by atoms with Gasteiger partial charge < -0.3 is 9.47 Å². The SMILES string of the molecule is COCC(CN1C(=O)NC(=O)C2(CCCC2)C1=O)OC. The summed E-state index contributed by atoms with van der Waals surface area (Å²) < 4.78 is 10.2. The van der Waals surface area contributed by atoms with Gasteiger partial charge in [0.25, 0.3) is 0 Å². The number of amides is 4. The summed E-state index contributed by atoms with van der Waals surface area (Å²) in [5, 5.41) is 2.29. The molecule has 1 saturated carbocycles. The van der Waals surface area contributed by atoms with Crippen LogP contribution in [0.15, 0.2) is 0 Å². The van der Waals surface area contributed by atoms with Crippen molar-refractivity contribution in [3.63, 3.8) is 0 Å². The summed E-state index contributed by atoms with van der Waals surface area (Å²) in [6.45, 7) is 0.360. The predicted molar refractivity (Wildman–Crippen MR) is 68.8 cm³/mol. The zero-order valence-corrected chi connectivity index (χ0v) is 11.8. The van der Waals surface area contributed by atoms with E-state index in [9.17, 15) is 14.4 Å². The lowest BCUT2D eigenvalue weighted by atomic mass is 9.82. The molecular formula is C13H20N2O5. The number of urea groups is 1. The third kappa shape index (κ3) is 2.43. The predicted octanol–water partition coefficient (Wildman–Crippen LogP) is 0.287. The van der Waals surface area contributed by atoms with E-state index in [-0.39, 0.29) is 13.2 Å². The van der Waals surface area contributed by atoms with E-state index in [4.69, 9.17) is 9.47 Å². The normalized spacial score (nSPS) is 23.3. The minimum absolute atomic E-state index is 0.0873. The second kappa shape index (κ2) is 5.88. The molecule has 0 bridgehead atoms. The Morgan fingerprint density at radius 2 is 1.90 bits per heavy atom. The minimum Gasteiger partial charge on any atom is -0.382 e. The van der Waals surface area contributed by atoms with Crippen LogP contribution >= 0.6 is 0 Å². The van der Waals surface area contributed by atoms with Gasteiger partial charge in [0, 0.05) is 14.2 Å². The first-order valence-corrected chi connectivity index (χ1v) is 6.74. The molecule has 0 aromatic carbocycles. The number of barbiturate groups is 1. The Morgan fingerprint density at radius 1 is 1.25 bits per heavy atom. The molecule has 2 aliphatic rings. The first kappa shape index (κ1) is 14.9. The third-order valence-corrected chi connectivity index (χ3v) is 4.08. The number of rotatable bonds is 5. The fourth-order valence-electron chi connectivity index (χ4n) is 2.90. The average Bonchev–Trinajstić information content (AvgIpc) is 2.91. The van der Waals surface area contributed by atoms with Gasteiger partial charge in [-0.25, -0.2) is 4.79 Å². The summed E-state index contributed by atoms with van der Waals surface area (Å²) in [4.78, 5) is 37.6. The second-order valence-electron chi connectivity index (χ2n) is 5.28. The number of hydrogen-bond donors (Lipinski definition) is 1. The molecule has 4 amide bonds. The number of imide groups is 2. The summed E-state index contributed by atoms with van der Waals surface area (Å²) in [7, 11) is 3.01. The maximum absolute atomic E-state index is 12.6. The Morgan fingerprint density at radius 3 is 2.45 bits per heavy atom. The van der Waals surface area contributed by atoms with E-state index in [1.54, 1.807) is 0 Å². The number of hydrogen-bond acceptors (Lipinski definition) is 5. The molecule has 1 saturated heterocycles. The Labute approximate surface area is 117 Å². The lowest BCUT2D eigenvalue weighted by molar-refractivity contribution is -0.152. The fourth-order valence-corrected chi connectivity index (χ4v) is 2.90. The monoisotopic (exact) mass is 284 g/mol. The number of nitrogens with zero attached hydrogens (tertiary/aromatic N) is 1. The van der Waals surface area contributed by atoms with Gasteiger partial charge >= 0.3 is 6.03 Å². The Balaban J connectivity index is 2.17. The van der Waals surface area contributed by atoms with Gasteiger partial charge in [0.2, 0.25) is 11.8 Å². The van der Waals surface area contributed by atoms with Crippen LogP contribution in [-0.4, -0.2) is 56.2 Å². The summed E-state index contributed by atoms with van der Waals surface area (Å²) in [5.41, 5.74) is -1.06. The first-order valence-electron chi connectivity index (χ1n) is 6.74. The zero-order chi connectivity index (χ0) is 14.8. The van der Waals surface area contributed by atoms with Gasteiger partial charge in [-0.1, -0.05) is 12.8 Å². The highest BCUT2D eigenvalue weighted by molar-refractivity contribution is 6.19. The van der Waals surface area contributed by atoms with E-state index < -0.39 is 29.4 Å². The Kier molecular flexibility index (Phi) is 4.39. The molecule has 1 aliphatic heterocycles. The topological polar surface area (TPSA) is 84.9 Å². The van der Waals surface area contributed by atoms with Crippen LogP contribution in [-0.2, 0) is 19.1 Å². The van der Waals surface area contributed by atoms with Crippen LogP contribution in [0.2, 0.25) is 0 Å². The van der Waals surface area contributed by atoms with E-state index in [0.29, 0.717) is 12.8 Å². The van der Waals surface area contributed by atoms with Crippen molar-refractivity contribution in [1.82, 2.24) is 10.2 Å². The van der Waals surface area contributed by atoms with Crippen LogP contribution in [0.3, 0.4) is 0 Å². The number of ether oxygens (including phenoxy) is 2. The number of methoxy groups -OCH3 is 2. The molecule has 112 valence electrons. The summed E-state index contributed by atoms with van der Waals surface area (Å²) in [5.74, 6) is -0.858. The molecule has 7 nitrogen and oxygen atoms in total. The largest absolute Gasteiger partial charge is 0.382 e. The highest BCUT2D eigenvalue weighted by Crippen LogP contribution is 2.41. The van der Waals surface area contributed by atoms with Gasteiger partial charge in [-0.3, -0.25) is 19.8 Å². The van der Waals surface area contributed by atoms with E-state index in [2.05, 4.69) is 5.32 Å². The molecule has 20 heavy (non-hydrogen) atoms. The molecule has 0 aromatic heterocycles. The van der Waals surface area contributed by atoms with Crippen molar-refractivity contribution in [2.75, 3.05) is 27.4 Å². The van der Waals surface area contributed by atoms with Crippen molar-refractivity contribution in [2.45, 2.75) is 31.8 Å². The van der Waals surface area contributed by atoms with Crippen LogP contribution in [0.25, 0.3) is 0 Å². The number of nitrogens with one attached hydrogen (secondary N) is 1. The lowest BCUT2D eigenvalue weighted by Gasteiger charge is -2.37. The summed E-state index contributed by atoms with van der Waals surface area (Å²) >= 11 is 0. The second-order valence-corrected chi connectivity index (χ2v) is 5.28. The molecule has 1 atom stereocenters. The molecular weight excluding hydrogens is 264 g/mol. The van der Waals surface area contributed by atoms with Crippen molar-refractivity contribution in [2.24, 2.45) is 5.41 Å². The lowest BCUT2D eigenvalue weighted by Crippen LogP contribution is -2.64. The van der Waals surface area contributed by atoms with E-state index >= 15 is 0 Å². The molecule has 7 heteroatoms. The highest BCUT2D eigenvalue weighted by atomic mass is 16.5. The Bertz CT molecular complexity index is 417. The van der Waals surface area contributed by atoms with Crippen LogP contribution in [0, 0.1) is 5.41 Å². The quantitative estimate of drug-likeness (QED) is 0.733. The molecule has 2 rings (SSSR count). The molecule has 2 fully saturated rings. The standard InChI is InChI=1S/C13H20N2O5/c1-19-8-9(20-2)7-15-11(17)13(5-3-4-6-13)10(16)14-12(15)18/h9H,3-8H2,1-2H3,(H,14,16,18). The van der Waals surface area contributed by atoms with E-state index in [0.717, 1.165) is 17.7 Å². The minimum atomic E-state index is -1.06. The fraction of sp³-hybridized carbons (Fsp3) is 0.769. The molecule has 1 N–H and O–H groups in total. The van der Waals surface area contributed by atoms with Crippen LogP contribution in [0.1, 0.15) is 25.7 Å². The summed E-state index contributed by atoms with van der Waals surface area (Å²) in [6.07, 6.45) is 2.26. The van der Waals surface area contributed by atoms with E-state index in [1.165, 1.54) is 14.2 Å². The van der Waals surface area contributed by atoms with Crippen molar-refractivity contribution in [1.29, 1.82) is 0 Å². The van der Waals surface area contributed by atoms with Crippen LogP contribution in [0.4, 0.5) is 4.79 Å². The van der Waals surface area contributed by atoms with Crippen LogP contribution < -0.4 is 5.32 Å². The van der Waals surface area contributed by atoms with Gasteiger partial charge in [0.1, 0.15) is 5.41 Å². The van der Waals surface area contributed by atoms with Gasteiger partial charge in [0.15, 0.2) is 0 Å². The van der Waals surface area contributed by atoms with Gasteiger partial charge in [-0.15, -0.1) is 0 Å². The molecule has 1 heterocycles. The highest BCUT2D eigenvalue weighted by Gasteiger charge is 2.55. The van der Waals surface area contributed by atoms with Gasteiger partial charge in [-0.2, -0.15) is 0 Å². The van der Waals surface area contributed by atoms with Crippen molar-refractivity contribution >= 4 is 17.8 Å². The zero-order valence-electron chi connectivity index (χ0n) is 11.8. The smallest absolute Gasteiger partial charge is 0.330 e. The Hall–Kier alpha value is -1.47. The van der Waals surface area contributed by atoms with Crippen molar-refractivity contribution < 1.29 is 23.9 Å². The molecule has 0 radical (unpaired) electrons. The average molecular weight is 284 g/mol. The molecule has 0 aromatic rings. The molecule has 1 spiro atoms. The van der Waals surface area contributed by atoms with Gasteiger partial charge in [0.05, 0.1) is 19.3 Å². The van der Waals surface area contributed by atoms with Crippen LogP contribution in [0.5, 0.6) is 0 Å². The molecule has 1 unspecified atom stereocenters. The van der Waals surface area contributed by atoms with Crippen molar-refractivity contribution in [3.05, 3.63) is 0 Å². The maximum atomic E-state index is 12.6. The molecule has 1 aliphatic carbocycles. The number of carbonyl (C=O) groups is 3. The summed E-state index contributed by atoms with van der Waals surface area (Å²) in [6, 6.07) is -0.671. The number of carbonyl (C=O) groups excluding carboxylic acids is 3. The first-order chi connectivity index (χ1) is 9.55. The maximum Gasteiger partial charge on any atom is 0.330 e. The van der Waals surface area contributed by atoms with Crippen molar-refractivity contribution in [3.8, 4) is 0 Å². The third-order valence-electron chi connectivity index (χ3n) is 4.08. The van der Waals surface area contributed by atoms with E-state index in [1.807, 2.05) is 0 Å².